The zero-order valence-electron chi connectivity index (χ0n) is 15.4. The van der Waals surface area contributed by atoms with Crippen molar-refractivity contribution < 1.29 is 14.3 Å². The average molecular weight is 358 g/mol. The third-order valence-electron chi connectivity index (χ3n) is 4.80. The van der Waals surface area contributed by atoms with Crippen LogP contribution in [0.15, 0.2) is 24.3 Å². The lowest BCUT2D eigenvalue weighted by atomic mass is 9.97. The number of fused-ring (bicyclic) bond motifs is 1. The van der Waals surface area contributed by atoms with Crippen molar-refractivity contribution in [3.63, 3.8) is 0 Å². The Bertz CT molecular complexity index is 786. The standard InChI is InChI=1S/C19H26N4O3/c1-3-26-19(25)22-11-6-7-15(13-22)18(24)20-10-12-23-14(2)21-16-8-4-5-9-17(16)23/h4-5,8-9,15H,3,6-7,10-13H2,1-2H3,(H,20,24)/t15-/m1/s1. The molecule has 0 aliphatic carbocycles. The number of imidazole rings is 1. The van der Waals surface area contributed by atoms with E-state index in [-0.39, 0.29) is 17.9 Å². The molecule has 2 aromatic rings. The van der Waals surface area contributed by atoms with Crippen LogP contribution in [0.5, 0.6) is 0 Å². The van der Waals surface area contributed by atoms with Crippen LogP contribution >= 0.6 is 0 Å². The Labute approximate surface area is 153 Å². The Hall–Kier alpha value is -2.57. The number of aromatic nitrogens is 2. The van der Waals surface area contributed by atoms with Crippen molar-refractivity contribution >= 4 is 23.0 Å². The van der Waals surface area contributed by atoms with Crippen molar-refractivity contribution in [1.29, 1.82) is 0 Å². The smallest absolute Gasteiger partial charge is 0.409 e. The first kappa shape index (κ1) is 18.2. The van der Waals surface area contributed by atoms with E-state index in [1.54, 1.807) is 11.8 Å². The molecule has 7 heteroatoms. The van der Waals surface area contributed by atoms with Crippen LogP contribution in [-0.4, -0.2) is 52.7 Å². The van der Waals surface area contributed by atoms with Crippen LogP contribution in [-0.2, 0) is 16.1 Å². The van der Waals surface area contributed by atoms with Crippen molar-refractivity contribution in [2.45, 2.75) is 33.2 Å². The molecule has 1 aliphatic heterocycles. The maximum Gasteiger partial charge on any atom is 0.409 e. The number of para-hydroxylation sites is 2. The van der Waals surface area contributed by atoms with Crippen LogP contribution in [0, 0.1) is 12.8 Å². The Morgan fingerprint density at radius 2 is 2.15 bits per heavy atom. The molecule has 0 unspecified atom stereocenters. The minimum Gasteiger partial charge on any atom is -0.450 e. The van der Waals surface area contributed by atoms with Gasteiger partial charge < -0.3 is 19.5 Å². The van der Waals surface area contributed by atoms with Gasteiger partial charge in [0.25, 0.3) is 0 Å². The molecule has 1 aliphatic rings. The largest absolute Gasteiger partial charge is 0.450 e. The van der Waals surface area contributed by atoms with Crippen molar-refractivity contribution in [2.75, 3.05) is 26.2 Å². The monoisotopic (exact) mass is 358 g/mol. The Balaban J connectivity index is 1.53. The first-order valence-electron chi connectivity index (χ1n) is 9.21. The Morgan fingerprint density at radius 1 is 1.35 bits per heavy atom. The number of amides is 2. The van der Waals surface area contributed by atoms with Crippen molar-refractivity contribution in [2.24, 2.45) is 5.92 Å². The Kier molecular flexibility index (Phi) is 5.75. The molecule has 1 N–H and O–H groups in total. The highest BCUT2D eigenvalue weighted by molar-refractivity contribution is 5.80. The molecule has 140 valence electrons. The van der Waals surface area contributed by atoms with Gasteiger partial charge in [0, 0.05) is 26.2 Å². The first-order valence-corrected chi connectivity index (χ1v) is 9.21. The summed E-state index contributed by atoms with van der Waals surface area (Å²) in [5, 5.41) is 3.01. The average Bonchev–Trinajstić information content (AvgIpc) is 2.97. The van der Waals surface area contributed by atoms with E-state index >= 15 is 0 Å². The fourth-order valence-corrected chi connectivity index (χ4v) is 3.49. The minimum atomic E-state index is -0.328. The first-order chi connectivity index (χ1) is 12.6. The van der Waals surface area contributed by atoms with Crippen LogP contribution in [0.2, 0.25) is 0 Å². The van der Waals surface area contributed by atoms with Crippen molar-refractivity contribution in [3.8, 4) is 0 Å². The number of hydrogen-bond acceptors (Lipinski definition) is 4. The van der Waals surface area contributed by atoms with Gasteiger partial charge >= 0.3 is 6.09 Å². The maximum atomic E-state index is 12.5. The van der Waals surface area contributed by atoms with E-state index < -0.39 is 0 Å². The van der Waals surface area contributed by atoms with Crippen LogP contribution in [0.1, 0.15) is 25.6 Å². The molecule has 26 heavy (non-hydrogen) atoms. The van der Waals surface area contributed by atoms with Crippen molar-refractivity contribution in [3.05, 3.63) is 30.1 Å². The van der Waals surface area contributed by atoms with E-state index in [0.717, 1.165) is 29.7 Å². The third-order valence-corrected chi connectivity index (χ3v) is 4.80. The number of nitrogens with zero attached hydrogens (tertiary/aromatic N) is 3. The summed E-state index contributed by atoms with van der Waals surface area (Å²) in [6.45, 7) is 6.40. The van der Waals surface area contributed by atoms with E-state index in [0.29, 0.717) is 32.8 Å². The summed E-state index contributed by atoms with van der Waals surface area (Å²) in [5.41, 5.74) is 2.04. The zero-order chi connectivity index (χ0) is 18.5. The molecule has 3 rings (SSSR count). The number of ether oxygens (including phenoxy) is 1. The number of likely N-dealkylation sites (tertiary alicyclic amines) is 1. The summed E-state index contributed by atoms with van der Waals surface area (Å²) < 4.78 is 7.15. The van der Waals surface area contributed by atoms with E-state index in [9.17, 15) is 9.59 Å². The zero-order valence-corrected chi connectivity index (χ0v) is 15.4. The highest BCUT2D eigenvalue weighted by Gasteiger charge is 2.28. The SMILES string of the molecule is CCOC(=O)N1CCC[C@@H](C(=O)NCCn2c(C)nc3ccccc32)C1. The quantitative estimate of drug-likeness (QED) is 0.890. The van der Waals surface area contributed by atoms with E-state index in [1.807, 2.05) is 31.2 Å². The minimum absolute atomic E-state index is 0.000993. The molecule has 1 aromatic carbocycles. The van der Waals surface area contributed by atoms with Crippen LogP contribution in [0.25, 0.3) is 11.0 Å². The molecule has 1 saturated heterocycles. The van der Waals surface area contributed by atoms with Crippen LogP contribution in [0.3, 0.4) is 0 Å². The number of rotatable bonds is 5. The van der Waals surface area contributed by atoms with Gasteiger partial charge in [0.2, 0.25) is 5.91 Å². The van der Waals surface area contributed by atoms with Gasteiger partial charge in [-0.2, -0.15) is 0 Å². The van der Waals surface area contributed by atoms with Gasteiger partial charge in [-0.15, -0.1) is 0 Å². The number of aryl methyl sites for hydroxylation is 1. The van der Waals surface area contributed by atoms with Gasteiger partial charge in [0.1, 0.15) is 5.82 Å². The van der Waals surface area contributed by atoms with E-state index in [1.165, 1.54) is 0 Å². The lowest BCUT2D eigenvalue weighted by Crippen LogP contribution is -2.46. The molecule has 0 radical (unpaired) electrons. The fraction of sp³-hybridized carbons (Fsp3) is 0.526. The lowest BCUT2D eigenvalue weighted by Gasteiger charge is -2.31. The second kappa shape index (κ2) is 8.21. The molecule has 2 heterocycles. The number of nitrogens with one attached hydrogen (secondary N) is 1. The lowest BCUT2D eigenvalue weighted by molar-refractivity contribution is -0.126. The number of benzene rings is 1. The number of carbonyl (C=O) groups excluding carboxylic acids is 2. The summed E-state index contributed by atoms with van der Waals surface area (Å²) in [4.78, 5) is 30.5. The van der Waals surface area contributed by atoms with Gasteiger partial charge in [0.15, 0.2) is 0 Å². The maximum absolute atomic E-state index is 12.5. The summed E-state index contributed by atoms with van der Waals surface area (Å²) in [6, 6.07) is 7.99. The second-order valence-electron chi connectivity index (χ2n) is 6.57. The second-order valence-corrected chi connectivity index (χ2v) is 6.57. The summed E-state index contributed by atoms with van der Waals surface area (Å²) in [6.07, 6.45) is 1.29. The highest BCUT2D eigenvalue weighted by Crippen LogP contribution is 2.18. The summed E-state index contributed by atoms with van der Waals surface area (Å²) >= 11 is 0. The van der Waals surface area contributed by atoms with Crippen LogP contribution < -0.4 is 5.32 Å². The number of carbonyl (C=O) groups is 2. The van der Waals surface area contributed by atoms with Gasteiger partial charge in [-0.25, -0.2) is 9.78 Å². The molecule has 0 spiro atoms. The van der Waals surface area contributed by atoms with Gasteiger partial charge in [-0.3, -0.25) is 4.79 Å². The van der Waals surface area contributed by atoms with E-state index in [4.69, 9.17) is 4.74 Å². The number of piperidine rings is 1. The predicted molar refractivity (Wildman–Crippen MR) is 98.8 cm³/mol. The van der Waals surface area contributed by atoms with Gasteiger partial charge in [0.05, 0.1) is 23.6 Å². The van der Waals surface area contributed by atoms with Gasteiger partial charge in [-0.1, -0.05) is 12.1 Å². The summed E-state index contributed by atoms with van der Waals surface area (Å²) in [5.74, 6) is 0.765. The predicted octanol–water partition coefficient (Wildman–Crippen LogP) is 2.33. The summed E-state index contributed by atoms with van der Waals surface area (Å²) in [7, 11) is 0. The van der Waals surface area contributed by atoms with Crippen molar-refractivity contribution in [1.82, 2.24) is 19.8 Å². The van der Waals surface area contributed by atoms with E-state index in [2.05, 4.69) is 14.9 Å². The topological polar surface area (TPSA) is 76.5 Å². The molecular weight excluding hydrogens is 332 g/mol. The molecule has 0 bridgehead atoms. The molecule has 1 aromatic heterocycles. The third kappa shape index (κ3) is 3.98. The molecule has 1 atom stereocenters. The Morgan fingerprint density at radius 3 is 2.96 bits per heavy atom. The number of hydrogen-bond donors (Lipinski definition) is 1. The van der Waals surface area contributed by atoms with Gasteiger partial charge in [-0.05, 0) is 38.8 Å². The molecule has 7 nitrogen and oxygen atoms in total. The van der Waals surface area contributed by atoms with Crippen LogP contribution in [0.4, 0.5) is 4.79 Å². The molecule has 2 amide bonds. The molecule has 0 saturated carbocycles. The molecular formula is C19H26N4O3. The highest BCUT2D eigenvalue weighted by atomic mass is 16.6. The normalized spacial score (nSPS) is 17.3. The molecule has 1 fully saturated rings. The fourth-order valence-electron chi connectivity index (χ4n) is 3.49.